The van der Waals surface area contributed by atoms with E-state index in [-0.39, 0.29) is 0 Å². The molecule has 1 saturated heterocycles. The molecule has 1 aromatic carbocycles. The lowest BCUT2D eigenvalue weighted by Crippen LogP contribution is -2.42. The number of rotatable bonds is 5. The van der Waals surface area contributed by atoms with Gasteiger partial charge in [-0.1, -0.05) is 23.2 Å². The number of nitrogens with zero attached hydrogens (tertiary/aromatic N) is 1. The molecule has 1 N–H and O–H groups in total. The van der Waals surface area contributed by atoms with Crippen molar-refractivity contribution in [3.63, 3.8) is 0 Å². The van der Waals surface area contributed by atoms with Crippen molar-refractivity contribution in [3.05, 3.63) is 33.8 Å². The van der Waals surface area contributed by atoms with Crippen LogP contribution in [0.1, 0.15) is 31.2 Å². The molecule has 3 rings (SSSR count). The van der Waals surface area contributed by atoms with Crippen LogP contribution in [0, 0.1) is 5.92 Å². The summed E-state index contributed by atoms with van der Waals surface area (Å²) in [5.41, 5.74) is 1.21. The number of hydrogen-bond donors (Lipinski definition) is 1. The summed E-state index contributed by atoms with van der Waals surface area (Å²) in [7, 11) is 0. The van der Waals surface area contributed by atoms with Crippen molar-refractivity contribution in [3.8, 4) is 0 Å². The Morgan fingerprint density at radius 1 is 1.00 bits per heavy atom. The minimum absolute atomic E-state index is 0.717. The molecule has 4 heteroatoms. The first-order valence-electron chi connectivity index (χ1n) is 7.60. The van der Waals surface area contributed by atoms with Crippen molar-refractivity contribution in [2.24, 2.45) is 5.92 Å². The van der Waals surface area contributed by atoms with Crippen LogP contribution in [-0.2, 0) is 6.54 Å². The van der Waals surface area contributed by atoms with Gasteiger partial charge in [0.25, 0.3) is 0 Å². The number of likely N-dealkylation sites (tertiary alicyclic amines) is 1. The zero-order chi connectivity index (χ0) is 13.9. The van der Waals surface area contributed by atoms with E-state index in [0.717, 1.165) is 41.6 Å². The fourth-order valence-electron chi connectivity index (χ4n) is 2.91. The summed E-state index contributed by atoms with van der Waals surface area (Å²) in [6.07, 6.45) is 5.37. The highest BCUT2D eigenvalue weighted by molar-refractivity contribution is 6.34. The van der Waals surface area contributed by atoms with Crippen molar-refractivity contribution in [2.75, 3.05) is 19.6 Å². The van der Waals surface area contributed by atoms with E-state index < -0.39 is 0 Å². The van der Waals surface area contributed by atoms with Crippen LogP contribution in [0.4, 0.5) is 0 Å². The monoisotopic (exact) mass is 312 g/mol. The smallest absolute Gasteiger partial charge is 0.0424 e. The summed E-state index contributed by atoms with van der Waals surface area (Å²) in [5, 5.41) is 5.18. The van der Waals surface area contributed by atoms with Crippen LogP contribution in [-0.4, -0.2) is 30.6 Å². The van der Waals surface area contributed by atoms with Crippen LogP contribution in [0.3, 0.4) is 0 Å². The normalized spacial score (nSPS) is 21.3. The Kier molecular flexibility index (Phi) is 4.87. The van der Waals surface area contributed by atoms with Crippen molar-refractivity contribution in [1.82, 2.24) is 10.2 Å². The van der Waals surface area contributed by atoms with Gasteiger partial charge >= 0.3 is 0 Å². The van der Waals surface area contributed by atoms with Crippen LogP contribution < -0.4 is 5.32 Å². The summed E-state index contributed by atoms with van der Waals surface area (Å²) >= 11 is 12.1. The molecule has 0 atom stereocenters. The third-order valence-electron chi connectivity index (χ3n) is 4.31. The third-order valence-corrected chi connectivity index (χ3v) is 4.74. The minimum atomic E-state index is 0.717. The maximum absolute atomic E-state index is 6.05. The van der Waals surface area contributed by atoms with Crippen LogP contribution in [0.15, 0.2) is 18.2 Å². The Hall–Kier alpha value is -0.280. The molecule has 0 aromatic heterocycles. The number of nitrogens with one attached hydrogen (secondary N) is 1. The number of halogens is 2. The molecule has 0 spiro atoms. The molecular formula is C16H22Cl2N2. The molecule has 1 aliphatic heterocycles. The molecule has 0 bridgehead atoms. The van der Waals surface area contributed by atoms with Gasteiger partial charge in [-0.25, -0.2) is 0 Å². The Morgan fingerprint density at radius 3 is 2.25 bits per heavy atom. The highest BCUT2D eigenvalue weighted by Gasteiger charge is 2.24. The zero-order valence-corrected chi connectivity index (χ0v) is 13.3. The third kappa shape index (κ3) is 4.36. The highest BCUT2D eigenvalue weighted by Crippen LogP contribution is 2.28. The average Bonchev–Trinajstić information content (AvgIpc) is 3.21. The predicted octanol–water partition coefficient (Wildman–Crippen LogP) is 3.96. The lowest BCUT2D eigenvalue weighted by atomic mass is 10.0. The molecule has 1 heterocycles. The van der Waals surface area contributed by atoms with Gasteiger partial charge in [-0.3, -0.25) is 4.90 Å². The van der Waals surface area contributed by atoms with Crippen LogP contribution in [0.2, 0.25) is 10.0 Å². The van der Waals surface area contributed by atoms with E-state index in [2.05, 4.69) is 10.2 Å². The molecule has 20 heavy (non-hydrogen) atoms. The van der Waals surface area contributed by atoms with E-state index >= 15 is 0 Å². The summed E-state index contributed by atoms with van der Waals surface area (Å²) in [6, 6.07) is 6.55. The van der Waals surface area contributed by atoms with Gasteiger partial charge in [-0.15, -0.1) is 0 Å². The summed E-state index contributed by atoms with van der Waals surface area (Å²) in [5.74, 6) is 0.974. The topological polar surface area (TPSA) is 15.3 Å². The van der Waals surface area contributed by atoms with Crippen LogP contribution in [0.25, 0.3) is 0 Å². The van der Waals surface area contributed by atoms with Crippen molar-refractivity contribution >= 4 is 23.2 Å². The lowest BCUT2D eigenvalue weighted by molar-refractivity contribution is 0.190. The molecule has 2 aliphatic rings. The van der Waals surface area contributed by atoms with Gasteiger partial charge in [-0.05, 0) is 75.0 Å². The fourth-order valence-corrected chi connectivity index (χ4v) is 3.48. The SMILES string of the molecule is Clc1cc(Cl)cc(CN2CCC(NCC3CC3)CC2)c1. The van der Waals surface area contributed by atoms with E-state index in [9.17, 15) is 0 Å². The van der Waals surface area contributed by atoms with Gasteiger partial charge in [0, 0.05) is 22.6 Å². The van der Waals surface area contributed by atoms with E-state index in [1.54, 1.807) is 6.07 Å². The number of hydrogen-bond acceptors (Lipinski definition) is 2. The molecule has 1 saturated carbocycles. The second-order valence-electron chi connectivity index (χ2n) is 6.18. The molecule has 0 unspecified atom stereocenters. The molecule has 0 radical (unpaired) electrons. The number of benzene rings is 1. The predicted molar refractivity (Wildman–Crippen MR) is 85.5 cm³/mol. The Morgan fingerprint density at radius 2 is 1.65 bits per heavy atom. The van der Waals surface area contributed by atoms with Crippen LogP contribution >= 0.6 is 23.2 Å². The highest BCUT2D eigenvalue weighted by atomic mass is 35.5. The summed E-state index contributed by atoms with van der Waals surface area (Å²) < 4.78 is 0. The Bertz CT molecular complexity index is 432. The van der Waals surface area contributed by atoms with Crippen molar-refractivity contribution in [2.45, 2.75) is 38.3 Å². The first-order chi connectivity index (χ1) is 9.69. The average molecular weight is 313 g/mol. The Balaban J connectivity index is 1.45. The molecular weight excluding hydrogens is 291 g/mol. The molecule has 110 valence electrons. The van der Waals surface area contributed by atoms with Crippen molar-refractivity contribution in [1.29, 1.82) is 0 Å². The van der Waals surface area contributed by atoms with Gasteiger partial charge in [0.1, 0.15) is 0 Å². The second-order valence-corrected chi connectivity index (χ2v) is 7.05. The molecule has 2 nitrogen and oxygen atoms in total. The van der Waals surface area contributed by atoms with E-state index in [1.807, 2.05) is 12.1 Å². The number of piperidine rings is 1. The first kappa shape index (κ1) is 14.6. The van der Waals surface area contributed by atoms with Gasteiger partial charge in [0.15, 0.2) is 0 Å². The van der Waals surface area contributed by atoms with Crippen LogP contribution in [0.5, 0.6) is 0 Å². The Labute approximate surface area is 131 Å². The molecule has 1 aliphatic carbocycles. The summed E-state index contributed by atoms with van der Waals surface area (Å²) in [4.78, 5) is 2.50. The van der Waals surface area contributed by atoms with Gasteiger partial charge in [0.2, 0.25) is 0 Å². The van der Waals surface area contributed by atoms with E-state index in [4.69, 9.17) is 23.2 Å². The van der Waals surface area contributed by atoms with Crippen molar-refractivity contribution < 1.29 is 0 Å². The minimum Gasteiger partial charge on any atom is -0.314 e. The first-order valence-corrected chi connectivity index (χ1v) is 8.35. The standard InChI is InChI=1S/C16H22Cl2N2/c17-14-7-13(8-15(18)9-14)11-20-5-3-16(4-6-20)19-10-12-1-2-12/h7-9,12,16,19H,1-6,10-11H2. The van der Waals surface area contributed by atoms with E-state index in [0.29, 0.717) is 0 Å². The fraction of sp³-hybridized carbons (Fsp3) is 0.625. The lowest BCUT2D eigenvalue weighted by Gasteiger charge is -2.32. The largest absolute Gasteiger partial charge is 0.314 e. The molecule has 2 fully saturated rings. The van der Waals surface area contributed by atoms with E-state index in [1.165, 1.54) is 37.8 Å². The van der Waals surface area contributed by atoms with Gasteiger partial charge < -0.3 is 5.32 Å². The second kappa shape index (κ2) is 6.65. The molecule has 1 aromatic rings. The zero-order valence-electron chi connectivity index (χ0n) is 11.7. The van der Waals surface area contributed by atoms with Gasteiger partial charge in [0.05, 0.1) is 0 Å². The quantitative estimate of drug-likeness (QED) is 0.885. The maximum Gasteiger partial charge on any atom is 0.0424 e. The summed E-state index contributed by atoms with van der Waals surface area (Å²) in [6.45, 7) is 4.50. The van der Waals surface area contributed by atoms with Gasteiger partial charge in [-0.2, -0.15) is 0 Å². The maximum atomic E-state index is 6.05. The molecule has 0 amide bonds.